The molecule has 0 saturated heterocycles. The van der Waals surface area contributed by atoms with Gasteiger partial charge in [0.05, 0.1) is 17.6 Å². The molecule has 1 aliphatic rings. The molecular formula is C23H26O5. The number of carbonyl (C=O) groups is 2. The number of Topliss-reactive ketones (excluding diaryl/α,β-unsaturated/α-hetero) is 2. The smallest absolute Gasteiger partial charge is 0.166 e. The molecule has 0 aliphatic carbocycles. The van der Waals surface area contributed by atoms with Crippen molar-refractivity contribution in [3.8, 4) is 5.75 Å². The molecule has 148 valence electrons. The van der Waals surface area contributed by atoms with Crippen LogP contribution in [0, 0.1) is 0 Å². The van der Waals surface area contributed by atoms with Crippen LogP contribution in [0.4, 0.5) is 0 Å². The number of aliphatic hydroxyl groups excluding tert-OH is 2. The molecule has 0 fully saturated rings. The van der Waals surface area contributed by atoms with Crippen LogP contribution in [0.5, 0.6) is 5.75 Å². The van der Waals surface area contributed by atoms with E-state index in [-0.39, 0.29) is 31.4 Å². The number of benzene rings is 2. The van der Waals surface area contributed by atoms with E-state index in [0.29, 0.717) is 48.1 Å². The standard InChI is InChI=1S/C23H26O5/c1-2-20(26)18-12-16(21(27)10-6-7-11-24)13-19-22(18)28-15-23(19,14-25)17-8-4-3-5-9-17/h3-5,8-9,12-13,24-25H,2,6-7,10-11,14-15H2,1H3. The van der Waals surface area contributed by atoms with Gasteiger partial charge in [0.1, 0.15) is 12.4 Å². The third-order valence-electron chi connectivity index (χ3n) is 5.42. The lowest BCUT2D eigenvalue weighted by Gasteiger charge is -2.26. The van der Waals surface area contributed by atoms with Crippen molar-refractivity contribution in [3.05, 3.63) is 64.7 Å². The molecule has 2 aromatic rings. The minimum absolute atomic E-state index is 0.0481. The van der Waals surface area contributed by atoms with Gasteiger partial charge in [-0.15, -0.1) is 0 Å². The molecule has 0 amide bonds. The molecule has 1 aliphatic heterocycles. The lowest BCUT2D eigenvalue weighted by atomic mass is 9.75. The summed E-state index contributed by atoms with van der Waals surface area (Å²) in [5, 5.41) is 19.3. The van der Waals surface area contributed by atoms with Gasteiger partial charge in [0.25, 0.3) is 0 Å². The third-order valence-corrected chi connectivity index (χ3v) is 5.42. The second-order valence-corrected chi connectivity index (χ2v) is 7.18. The summed E-state index contributed by atoms with van der Waals surface area (Å²) >= 11 is 0. The molecule has 5 nitrogen and oxygen atoms in total. The Morgan fingerprint density at radius 1 is 1.07 bits per heavy atom. The van der Waals surface area contributed by atoms with Crippen molar-refractivity contribution in [1.82, 2.24) is 0 Å². The molecule has 2 N–H and O–H groups in total. The predicted octanol–water partition coefficient (Wildman–Crippen LogP) is 3.30. The molecule has 3 rings (SSSR count). The summed E-state index contributed by atoms with van der Waals surface area (Å²) in [5.74, 6) is 0.299. The quantitative estimate of drug-likeness (QED) is 0.514. The second kappa shape index (κ2) is 8.67. The average Bonchev–Trinajstić information content (AvgIpc) is 3.13. The summed E-state index contributed by atoms with van der Waals surface area (Å²) in [6.07, 6.45) is 1.75. The molecule has 1 atom stereocenters. The van der Waals surface area contributed by atoms with Crippen LogP contribution in [0.3, 0.4) is 0 Å². The van der Waals surface area contributed by atoms with Crippen LogP contribution in [0.2, 0.25) is 0 Å². The number of ether oxygens (including phenoxy) is 1. The number of carbonyl (C=O) groups excluding carboxylic acids is 2. The van der Waals surface area contributed by atoms with Crippen LogP contribution in [0.25, 0.3) is 0 Å². The first kappa shape index (κ1) is 20.2. The van der Waals surface area contributed by atoms with Gasteiger partial charge < -0.3 is 14.9 Å². The molecule has 0 spiro atoms. The Morgan fingerprint density at radius 3 is 2.46 bits per heavy atom. The maximum absolute atomic E-state index is 12.7. The van der Waals surface area contributed by atoms with Crippen molar-refractivity contribution in [2.24, 2.45) is 0 Å². The predicted molar refractivity (Wildman–Crippen MR) is 106 cm³/mol. The zero-order valence-corrected chi connectivity index (χ0v) is 16.1. The number of aliphatic hydroxyl groups is 2. The summed E-state index contributed by atoms with van der Waals surface area (Å²) in [6, 6.07) is 12.9. The fourth-order valence-corrected chi connectivity index (χ4v) is 3.73. The maximum Gasteiger partial charge on any atom is 0.166 e. The molecule has 28 heavy (non-hydrogen) atoms. The van der Waals surface area contributed by atoms with E-state index in [0.717, 1.165) is 5.56 Å². The molecular weight excluding hydrogens is 356 g/mol. The van der Waals surface area contributed by atoms with E-state index in [4.69, 9.17) is 9.84 Å². The van der Waals surface area contributed by atoms with Crippen molar-refractivity contribution < 1.29 is 24.5 Å². The van der Waals surface area contributed by atoms with Gasteiger partial charge >= 0.3 is 0 Å². The summed E-state index contributed by atoms with van der Waals surface area (Å²) in [5.41, 5.74) is 1.62. The Labute approximate surface area is 165 Å². The second-order valence-electron chi connectivity index (χ2n) is 7.18. The number of rotatable bonds is 9. The molecule has 2 aromatic carbocycles. The zero-order valence-electron chi connectivity index (χ0n) is 16.1. The average molecular weight is 382 g/mol. The summed E-state index contributed by atoms with van der Waals surface area (Å²) in [7, 11) is 0. The molecule has 0 aromatic heterocycles. The van der Waals surface area contributed by atoms with Crippen LogP contribution in [0.15, 0.2) is 42.5 Å². The van der Waals surface area contributed by atoms with Crippen molar-refractivity contribution in [1.29, 1.82) is 0 Å². The van der Waals surface area contributed by atoms with E-state index in [1.165, 1.54) is 0 Å². The lowest BCUT2D eigenvalue weighted by molar-refractivity contribution is 0.0977. The topological polar surface area (TPSA) is 83.8 Å². The first-order valence-corrected chi connectivity index (χ1v) is 9.72. The van der Waals surface area contributed by atoms with E-state index in [1.807, 2.05) is 30.3 Å². The summed E-state index contributed by atoms with van der Waals surface area (Å²) < 4.78 is 5.92. The molecule has 0 radical (unpaired) electrons. The normalized spacial score (nSPS) is 17.8. The summed E-state index contributed by atoms with van der Waals surface area (Å²) in [6.45, 7) is 1.85. The Kier molecular flexibility index (Phi) is 6.27. The number of unbranched alkanes of at least 4 members (excludes halogenated alkanes) is 1. The number of hydrogen-bond donors (Lipinski definition) is 2. The Morgan fingerprint density at radius 2 is 1.82 bits per heavy atom. The minimum atomic E-state index is -0.805. The van der Waals surface area contributed by atoms with Gasteiger partial charge in [0.15, 0.2) is 11.6 Å². The van der Waals surface area contributed by atoms with Crippen molar-refractivity contribution in [3.63, 3.8) is 0 Å². The van der Waals surface area contributed by atoms with E-state index in [2.05, 4.69) is 0 Å². The third kappa shape index (κ3) is 3.60. The number of fused-ring (bicyclic) bond motifs is 1. The highest BCUT2D eigenvalue weighted by molar-refractivity contribution is 6.04. The first-order chi connectivity index (χ1) is 13.6. The van der Waals surface area contributed by atoms with Crippen LogP contribution in [-0.4, -0.2) is 41.6 Å². The fraction of sp³-hybridized carbons (Fsp3) is 0.391. The summed E-state index contributed by atoms with van der Waals surface area (Å²) in [4.78, 5) is 25.3. The number of hydrogen-bond acceptors (Lipinski definition) is 5. The van der Waals surface area contributed by atoms with Crippen LogP contribution in [0.1, 0.15) is 64.4 Å². The van der Waals surface area contributed by atoms with Crippen LogP contribution >= 0.6 is 0 Å². The van der Waals surface area contributed by atoms with Gasteiger partial charge in [-0.3, -0.25) is 9.59 Å². The molecule has 1 heterocycles. The van der Waals surface area contributed by atoms with Gasteiger partial charge in [0, 0.05) is 30.6 Å². The minimum Gasteiger partial charge on any atom is -0.491 e. The first-order valence-electron chi connectivity index (χ1n) is 9.72. The van der Waals surface area contributed by atoms with E-state index in [9.17, 15) is 14.7 Å². The lowest BCUT2D eigenvalue weighted by Crippen LogP contribution is -2.33. The van der Waals surface area contributed by atoms with Crippen molar-refractivity contribution in [2.45, 2.75) is 38.0 Å². The van der Waals surface area contributed by atoms with E-state index in [1.54, 1.807) is 19.1 Å². The monoisotopic (exact) mass is 382 g/mol. The SMILES string of the molecule is CCC(=O)c1cc(C(=O)CCCCO)cc2c1OCC2(CO)c1ccccc1. The Balaban J connectivity index is 2.12. The van der Waals surface area contributed by atoms with Crippen LogP contribution in [-0.2, 0) is 5.41 Å². The van der Waals surface area contributed by atoms with Crippen molar-refractivity contribution in [2.75, 3.05) is 19.8 Å². The number of ketones is 2. The largest absolute Gasteiger partial charge is 0.491 e. The van der Waals surface area contributed by atoms with Crippen molar-refractivity contribution >= 4 is 11.6 Å². The van der Waals surface area contributed by atoms with Gasteiger partial charge in [-0.2, -0.15) is 0 Å². The zero-order chi connectivity index (χ0) is 20.1. The highest BCUT2D eigenvalue weighted by Gasteiger charge is 2.44. The molecule has 1 unspecified atom stereocenters. The molecule has 5 heteroatoms. The molecule has 0 bridgehead atoms. The van der Waals surface area contributed by atoms with Gasteiger partial charge in [-0.25, -0.2) is 0 Å². The molecule has 0 saturated carbocycles. The fourth-order valence-electron chi connectivity index (χ4n) is 3.73. The van der Waals surface area contributed by atoms with Crippen LogP contribution < -0.4 is 4.74 Å². The van der Waals surface area contributed by atoms with E-state index < -0.39 is 5.41 Å². The Hall–Kier alpha value is -2.50. The Bertz CT molecular complexity index is 859. The van der Waals surface area contributed by atoms with Gasteiger partial charge in [-0.1, -0.05) is 37.3 Å². The van der Waals surface area contributed by atoms with E-state index >= 15 is 0 Å². The maximum atomic E-state index is 12.7. The highest BCUT2D eigenvalue weighted by Crippen LogP contribution is 2.46. The van der Waals surface area contributed by atoms with Gasteiger partial charge in [0.2, 0.25) is 0 Å². The van der Waals surface area contributed by atoms with Gasteiger partial charge in [-0.05, 0) is 30.5 Å². The highest BCUT2D eigenvalue weighted by atomic mass is 16.5.